The Morgan fingerprint density at radius 2 is 1.90 bits per heavy atom. The number of benzene rings is 1. The third-order valence-corrected chi connectivity index (χ3v) is 4.39. The maximum Gasteiger partial charge on any atom is 0.0744 e. The highest BCUT2D eigenvalue weighted by atomic mass is 16.5. The van der Waals surface area contributed by atoms with Crippen LogP contribution >= 0.6 is 0 Å². The molecule has 1 radical (unpaired) electrons. The molecule has 1 aliphatic heterocycles. The molecule has 0 saturated carbocycles. The van der Waals surface area contributed by atoms with Crippen molar-refractivity contribution in [2.75, 3.05) is 20.2 Å². The number of nitrogens with zero attached hydrogens (tertiary/aromatic N) is 2. The molecule has 0 spiro atoms. The molecule has 21 heavy (non-hydrogen) atoms. The molecule has 0 bridgehead atoms. The van der Waals surface area contributed by atoms with Crippen molar-refractivity contribution in [2.24, 2.45) is 0 Å². The number of aromatic nitrogens is 1. The van der Waals surface area contributed by atoms with Crippen LogP contribution in [0.5, 0.6) is 0 Å². The molecule has 1 fully saturated rings. The van der Waals surface area contributed by atoms with Crippen molar-refractivity contribution in [3.8, 4) is 11.1 Å². The van der Waals surface area contributed by atoms with Crippen molar-refractivity contribution in [1.29, 1.82) is 0 Å². The van der Waals surface area contributed by atoms with Gasteiger partial charge in [0.25, 0.3) is 0 Å². The minimum absolute atomic E-state index is 0.0694. The van der Waals surface area contributed by atoms with E-state index in [1.807, 2.05) is 25.6 Å². The van der Waals surface area contributed by atoms with Gasteiger partial charge >= 0.3 is 0 Å². The SMILES string of the molecule is COC1(Cc2ccccc2-c2cccnc2)CC[N]CC1. The first-order valence-corrected chi connectivity index (χ1v) is 7.50. The van der Waals surface area contributed by atoms with E-state index in [4.69, 9.17) is 4.74 Å². The summed E-state index contributed by atoms with van der Waals surface area (Å²) in [5, 5.41) is 4.45. The lowest BCUT2D eigenvalue weighted by Crippen LogP contribution is -2.42. The van der Waals surface area contributed by atoms with Crippen LogP contribution in [0.2, 0.25) is 0 Å². The van der Waals surface area contributed by atoms with E-state index < -0.39 is 0 Å². The molecule has 2 aromatic rings. The lowest BCUT2D eigenvalue weighted by atomic mass is 9.83. The van der Waals surface area contributed by atoms with E-state index in [0.717, 1.165) is 32.4 Å². The van der Waals surface area contributed by atoms with Crippen molar-refractivity contribution in [3.05, 3.63) is 54.4 Å². The Morgan fingerprint density at radius 1 is 1.10 bits per heavy atom. The van der Waals surface area contributed by atoms with Gasteiger partial charge in [-0.1, -0.05) is 30.3 Å². The van der Waals surface area contributed by atoms with Gasteiger partial charge in [-0.2, -0.15) is 0 Å². The zero-order valence-corrected chi connectivity index (χ0v) is 12.5. The molecule has 0 atom stereocenters. The molecular weight excluding hydrogens is 260 g/mol. The Balaban J connectivity index is 1.92. The number of pyridine rings is 1. The van der Waals surface area contributed by atoms with Crippen LogP contribution in [0.25, 0.3) is 11.1 Å². The summed E-state index contributed by atoms with van der Waals surface area (Å²) in [6.45, 7) is 1.81. The van der Waals surface area contributed by atoms with Crippen molar-refractivity contribution in [1.82, 2.24) is 10.3 Å². The number of ether oxygens (including phenoxy) is 1. The van der Waals surface area contributed by atoms with Crippen molar-refractivity contribution in [3.63, 3.8) is 0 Å². The van der Waals surface area contributed by atoms with Gasteiger partial charge in [0.15, 0.2) is 0 Å². The molecule has 1 saturated heterocycles. The summed E-state index contributed by atoms with van der Waals surface area (Å²) in [4.78, 5) is 4.24. The molecule has 0 N–H and O–H groups in total. The highest BCUT2D eigenvalue weighted by Crippen LogP contribution is 2.32. The summed E-state index contributed by atoms with van der Waals surface area (Å²) in [5.41, 5.74) is 3.68. The monoisotopic (exact) mass is 281 g/mol. The first-order valence-electron chi connectivity index (χ1n) is 7.50. The second kappa shape index (κ2) is 6.37. The summed E-state index contributed by atoms with van der Waals surface area (Å²) in [6, 6.07) is 12.7. The van der Waals surface area contributed by atoms with E-state index in [0.29, 0.717) is 0 Å². The first-order chi connectivity index (χ1) is 10.3. The summed E-state index contributed by atoms with van der Waals surface area (Å²) in [5.74, 6) is 0. The molecule has 3 heteroatoms. The average molecular weight is 281 g/mol. The van der Waals surface area contributed by atoms with E-state index in [1.165, 1.54) is 16.7 Å². The fourth-order valence-electron chi connectivity index (χ4n) is 3.08. The molecule has 1 aliphatic rings. The summed E-state index contributed by atoms with van der Waals surface area (Å²) in [6.07, 6.45) is 6.68. The molecule has 0 amide bonds. The van der Waals surface area contributed by atoms with Crippen LogP contribution in [0, 0.1) is 0 Å². The largest absolute Gasteiger partial charge is 0.378 e. The fourth-order valence-corrected chi connectivity index (χ4v) is 3.08. The second-order valence-corrected chi connectivity index (χ2v) is 5.63. The quantitative estimate of drug-likeness (QED) is 0.863. The van der Waals surface area contributed by atoms with Crippen molar-refractivity contribution < 1.29 is 4.74 Å². The summed E-state index contributed by atoms with van der Waals surface area (Å²) < 4.78 is 5.90. The van der Waals surface area contributed by atoms with Crippen LogP contribution in [0.15, 0.2) is 48.8 Å². The van der Waals surface area contributed by atoms with Gasteiger partial charge in [-0.3, -0.25) is 4.98 Å². The van der Waals surface area contributed by atoms with Gasteiger partial charge < -0.3 is 4.74 Å². The predicted molar refractivity (Wildman–Crippen MR) is 84.2 cm³/mol. The molecule has 1 aromatic heterocycles. The molecule has 2 heterocycles. The summed E-state index contributed by atoms with van der Waals surface area (Å²) in [7, 11) is 1.83. The minimum atomic E-state index is -0.0694. The van der Waals surface area contributed by atoms with Gasteiger partial charge in [-0.05, 0) is 30.0 Å². The lowest BCUT2D eigenvalue weighted by molar-refractivity contribution is -0.0338. The molecular formula is C18H21N2O. The highest BCUT2D eigenvalue weighted by molar-refractivity contribution is 5.66. The fraction of sp³-hybridized carbons (Fsp3) is 0.389. The van der Waals surface area contributed by atoms with Gasteiger partial charge in [-0.15, -0.1) is 0 Å². The maximum atomic E-state index is 5.90. The normalized spacial score (nSPS) is 17.6. The number of hydrogen-bond donors (Lipinski definition) is 0. The second-order valence-electron chi connectivity index (χ2n) is 5.63. The third-order valence-electron chi connectivity index (χ3n) is 4.39. The Hall–Kier alpha value is -1.71. The topological polar surface area (TPSA) is 36.2 Å². The molecule has 3 nitrogen and oxygen atoms in total. The van der Waals surface area contributed by atoms with Crippen LogP contribution in [0.1, 0.15) is 18.4 Å². The van der Waals surface area contributed by atoms with E-state index in [2.05, 4.69) is 40.6 Å². The molecule has 0 aliphatic carbocycles. The first kappa shape index (κ1) is 14.2. The Labute approximate surface area is 126 Å². The minimum Gasteiger partial charge on any atom is -0.378 e. The molecule has 3 rings (SSSR count). The zero-order chi connectivity index (χ0) is 14.5. The summed E-state index contributed by atoms with van der Waals surface area (Å²) >= 11 is 0. The van der Waals surface area contributed by atoms with E-state index in [1.54, 1.807) is 0 Å². The van der Waals surface area contributed by atoms with Crippen LogP contribution in [-0.4, -0.2) is 30.8 Å². The van der Waals surface area contributed by atoms with Crippen molar-refractivity contribution >= 4 is 0 Å². The third kappa shape index (κ3) is 3.14. The Morgan fingerprint density at radius 3 is 2.62 bits per heavy atom. The molecule has 109 valence electrons. The van der Waals surface area contributed by atoms with E-state index in [9.17, 15) is 0 Å². The number of piperidine rings is 1. The predicted octanol–water partition coefficient (Wildman–Crippen LogP) is 3.07. The number of hydrogen-bond acceptors (Lipinski definition) is 2. The van der Waals surface area contributed by atoms with Gasteiger partial charge in [0.1, 0.15) is 0 Å². The highest BCUT2D eigenvalue weighted by Gasteiger charge is 2.33. The standard InChI is InChI=1S/C18H21N2O/c1-21-18(8-11-19-12-9-18)13-15-5-2-3-7-17(15)16-6-4-10-20-14-16/h2-7,10,14H,8-9,11-13H2,1H3. The Bertz CT molecular complexity index is 577. The van der Waals surface area contributed by atoms with E-state index in [-0.39, 0.29) is 5.60 Å². The lowest BCUT2D eigenvalue weighted by Gasteiger charge is -2.36. The molecule has 0 unspecified atom stereocenters. The van der Waals surface area contributed by atoms with Crippen LogP contribution in [0.4, 0.5) is 0 Å². The zero-order valence-electron chi connectivity index (χ0n) is 12.5. The average Bonchev–Trinajstić information content (AvgIpc) is 2.57. The van der Waals surface area contributed by atoms with E-state index >= 15 is 0 Å². The van der Waals surface area contributed by atoms with Crippen LogP contribution in [-0.2, 0) is 11.2 Å². The Kier molecular flexibility index (Phi) is 4.32. The number of rotatable bonds is 4. The van der Waals surface area contributed by atoms with Crippen LogP contribution in [0.3, 0.4) is 0 Å². The molecule has 1 aromatic carbocycles. The van der Waals surface area contributed by atoms with Crippen molar-refractivity contribution in [2.45, 2.75) is 24.9 Å². The van der Waals surface area contributed by atoms with Crippen LogP contribution < -0.4 is 5.32 Å². The van der Waals surface area contributed by atoms with Gasteiger partial charge in [-0.25, -0.2) is 5.32 Å². The van der Waals surface area contributed by atoms with Gasteiger partial charge in [0.2, 0.25) is 0 Å². The smallest absolute Gasteiger partial charge is 0.0744 e. The maximum absolute atomic E-state index is 5.90. The van der Waals surface area contributed by atoms with Gasteiger partial charge in [0, 0.05) is 44.6 Å². The number of methoxy groups -OCH3 is 1. The van der Waals surface area contributed by atoms with Gasteiger partial charge in [0.05, 0.1) is 5.60 Å².